The van der Waals surface area contributed by atoms with Crippen LogP contribution in [-0.4, -0.2) is 145 Å². The summed E-state index contributed by atoms with van der Waals surface area (Å²) in [6.45, 7) is 21.9. The first-order chi connectivity index (χ1) is 37.5. The molecular formula is C55H63Br2F3IN15O2. The summed E-state index contributed by atoms with van der Waals surface area (Å²) < 4.78 is 55.0. The molecule has 4 N–H and O–H groups in total. The molecule has 3 aromatic heterocycles. The van der Waals surface area contributed by atoms with Crippen molar-refractivity contribution in [2.45, 2.75) is 46.7 Å². The van der Waals surface area contributed by atoms with Gasteiger partial charge in [0.2, 0.25) is 10.7 Å². The van der Waals surface area contributed by atoms with Gasteiger partial charge >= 0.3 is 0 Å². The maximum Gasteiger partial charge on any atom is 0.246 e. The average Bonchev–Trinajstić information content (AvgIpc) is 4.14. The number of halogens is 6. The molecule has 4 aliphatic rings. The van der Waals surface area contributed by atoms with Crippen LogP contribution >= 0.6 is 54.5 Å². The van der Waals surface area contributed by atoms with Crippen molar-refractivity contribution in [3.8, 4) is 11.4 Å². The molecule has 4 saturated heterocycles. The number of anilines is 5. The van der Waals surface area contributed by atoms with E-state index in [0.29, 0.717) is 38.9 Å². The van der Waals surface area contributed by atoms with Crippen molar-refractivity contribution in [2.24, 2.45) is 0 Å². The fourth-order valence-electron chi connectivity index (χ4n) is 9.07. The molecule has 7 heterocycles. The molecule has 0 bridgehead atoms. The number of nitrogen functional groups attached to an aromatic ring is 1. The SMILES string of the molecule is Brc1ncn[nH]1.Cc1cc(F)cc(-n2cnc(Br)n2)c1.Cc1cc(F)cc(I)c1.Cc1cc(N)cc(N2CCN(C3COC3)CC2)c1.Cc1cc(Nc2ncn(-c3cc(C)cc(F)c3)n2)cc(N2CCN(C3COC3)CC2)c1. The molecule has 0 atom stereocenters. The van der Waals surface area contributed by atoms with E-state index in [0.717, 1.165) is 110 Å². The number of rotatable bonds is 8. The van der Waals surface area contributed by atoms with Crippen LogP contribution in [0.1, 0.15) is 27.8 Å². The number of piperazine rings is 2. The van der Waals surface area contributed by atoms with Gasteiger partial charge in [0.15, 0.2) is 4.73 Å². The molecule has 0 radical (unpaired) electrons. The summed E-state index contributed by atoms with van der Waals surface area (Å²) in [6, 6.07) is 28.5. The molecule has 0 saturated carbocycles. The maximum atomic E-state index is 13.7. The van der Waals surface area contributed by atoms with Crippen LogP contribution in [0.3, 0.4) is 0 Å². The molecule has 8 aromatic rings. The monoisotopic (exact) mass is 1310 g/mol. The Morgan fingerprint density at radius 1 is 0.551 bits per heavy atom. The van der Waals surface area contributed by atoms with Crippen molar-refractivity contribution in [1.29, 1.82) is 0 Å². The zero-order valence-corrected chi connectivity index (χ0v) is 49.4. The molecule has 5 aromatic carbocycles. The smallest absolute Gasteiger partial charge is 0.246 e. The summed E-state index contributed by atoms with van der Waals surface area (Å²) >= 11 is 8.27. The lowest BCUT2D eigenvalue weighted by atomic mass is 10.1. The van der Waals surface area contributed by atoms with E-state index in [1.807, 2.05) is 45.0 Å². The van der Waals surface area contributed by atoms with Crippen molar-refractivity contribution in [3.63, 3.8) is 0 Å². The van der Waals surface area contributed by atoms with Gasteiger partial charge in [-0.3, -0.25) is 14.9 Å². The molecule has 23 heteroatoms. The minimum absolute atomic E-state index is 0.153. The first-order valence-corrected chi connectivity index (χ1v) is 28.0. The van der Waals surface area contributed by atoms with Gasteiger partial charge in [0.1, 0.15) is 36.4 Å². The van der Waals surface area contributed by atoms with Crippen LogP contribution in [0.2, 0.25) is 0 Å². The number of nitrogens with zero attached hydrogens (tertiary/aromatic N) is 12. The molecule has 12 rings (SSSR count). The highest BCUT2D eigenvalue weighted by Crippen LogP contribution is 2.27. The minimum Gasteiger partial charge on any atom is -0.399 e. The lowest BCUT2D eigenvalue weighted by Crippen LogP contribution is -2.56. The van der Waals surface area contributed by atoms with Gasteiger partial charge in [-0.25, -0.2) is 32.5 Å². The number of aromatic amines is 1. The number of benzene rings is 5. The lowest BCUT2D eigenvalue weighted by molar-refractivity contribution is -0.0660. The highest BCUT2D eigenvalue weighted by molar-refractivity contribution is 14.1. The Kier molecular flexibility index (Phi) is 20.7. The van der Waals surface area contributed by atoms with Crippen molar-refractivity contribution >= 4 is 83.1 Å². The average molecular weight is 1310 g/mol. The number of aryl methyl sites for hydroxylation is 5. The summed E-state index contributed by atoms with van der Waals surface area (Å²) in [7, 11) is 0. The van der Waals surface area contributed by atoms with Crippen LogP contribution in [0.15, 0.2) is 119 Å². The fraction of sp³-hybridized carbons (Fsp3) is 0.345. The Labute approximate surface area is 483 Å². The molecule has 0 aliphatic carbocycles. The maximum absolute atomic E-state index is 13.7. The number of aromatic nitrogens is 9. The predicted molar refractivity (Wildman–Crippen MR) is 315 cm³/mol. The highest BCUT2D eigenvalue weighted by atomic mass is 127. The molecule has 4 fully saturated rings. The van der Waals surface area contributed by atoms with Gasteiger partial charge in [0, 0.05) is 78.7 Å². The topological polar surface area (TPSA) is 172 Å². The van der Waals surface area contributed by atoms with Gasteiger partial charge < -0.3 is 30.3 Å². The van der Waals surface area contributed by atoms with E-state index in [1.165, 1.54) is 76.2 Å². The molecule has 0 amide bonds. The molecule has 17 nitrogen and oxygen atoms in total. The number of nitrogens with one attached hydrogen (secondary N) is 2. The molecular weight excluding hydrogens is 1250 g/mol. The summed E-state index contributed by atoms with van der Waals surface area (Å²) in [5.74, 6) is -0.229. The first kappa shape index (κ1) is 58.2. The largest absolute Gasteiger partial charge is 0.399 e. The second kappa shape index (κ2) is 27.8. The Bertz CT molecular complexity index is 3090. The molecule has 78 heavy (non-hydrogen) atoms. The Morgan fingerprint density at radius 3 is 1.45 bits per heavy atom. The Balaban J connectivity index is 0.000000144. The third-order valence-corrected chi connectivity index (χ3v) is 14.3. The van der Waals surface area contributed by atoms with Gasteiger partial charge in [0.05, 0.1) is 49.9 Å². The van der Waals surface area contributed by atoms with Crippen molar-refractivity contribution < 1.29 is 22.6 Å². The highest BCUT2D eigenvalue weighted by Gasteiger charge is 2.30. The van der Waals surface area contributed by atoms with Gasteiger partial charge in [-0.05, 0) is 208 Å². The number of hydrogen-bond donors (Lipinski definition) is 3. The van der Waals surface area contributed by atoms with E-state index in [4.69, 9.17) is 15.2 Å². The van der Waals surface area contributed by atoms with Crippen LogP contribution < -0.4 is 20.9 Å². The van der Waals surface area contributed by atoms with E-state index in [1.54, 1.807) is 11.0 Å². The van der Waals surface area contributed by atoms with Crippen LogP contribution in [0.4, 0.5) is 41.9 Å². The van der Waals surface area contributed by atoms with E-state index in [2.05, 4.69) is 159 Å². The van der Waals surface area contributed by atoms with Gasteiger partial charge in [-0.15, -0.1) is 10.2 Å². The van der Waals surface area contributed by atoms with Gasteiger partial charge in [-0.1, -0.05) is 0 Å². The molecule has 412 valence electrons. The number of H-pyrrole nitrogens is 1. The summed E-state index contributed by atoms with van der Waals surface area (Å²) in [4.78, 5) is 21.8. The molecule has 0 unspecified atom stereocenters. The zero-order chi connectivity index (χ0) is 55.3. The fourth-order valence-corrected chi connectivity index (χ4v) is 10.3. The van der Waals surface area contributed by atoms with Crippen LogP contribution in [0, 0.1) is 55.6 Å². The third-order valence-electron chi connectivity index (χ3n) is 13.0. The second-order valence-corrected chi connectivity index (χ2v) is 22.1. The number of nitrogens with two attached hydrogens (primary N) is 1. The second-order valence-electron chi connectivity index (χ2n) is 19.4. The van der Waals surface area contributed by atoms with Crippen LogP contribution in [0.5, 0.6) is 0 Å². The van der Waals surface area contributed by atoms with E-state index >= 15 is 0 Å². The van der Waals surface area contributed by atoms with E-state index < -0.39 is 0 Å². The Morgan fingerprint density at radius 2 is 1.03 bits per heavy atom. The first-order valence-electron chi connectivity index (χ1n) is 25.4. The van der Waals surface area contributed by atoms with Crippen LogP contribution in [0.25, 0.3) is 11.4 Å². The van der Waals surface area contributed by atoms with Crippen molar-refractivity contribution in [2.75, 3.05) is 99.6 Å². The predicted octanol–water partition coefficient (Wildman–Crippen LogP) is 10.2. The van der Waals surface area contributed by atoms with Gasteiger partial charge in [-0.2, -0.15) is 10.1 Å². The number of ether oxygens (including phenoxy) is 2. The van der Waals surface area contributed by atoms with Crippen LogP contribution in [-0.2, 0) is 9.47 Å². The normalized spacial score (nSPS) is 15.7. The standard InChI is InChI=1S/C23H27FN6O.C14H21N3O.C9H7BrFN3.C7H6FI.C2H2BrN3/c1-16-7-18(24)11-21(10-16)30-15-25-23(27-30)26-19-8-17(2)9-20(12-19)28-3-5-29(6-4-28)22-13-31-14-22;1-11-6-12(15)8-13(7-11)16-2-4-17(5-3-16)14-9-18-10-14;1-6-2-7(11)4-8(3-6)14-5-12-9(10)13-14;1-5-2-6(8)4-7(9)3-5;3-2-4-1-5-6-2/h7-12,15,22H,3-6,13-14H2,1-2H3,(H,26,27);6-8,14H,2-5,9-10,15H2,1H3;2-5H,1H3;2-4H,1H3;1H,(H,4,5,6). The number of hydrogen-bond acceptors (Lipinski definition) is 14. The van der Waals surface area contributed by atoms with Gasteiger partial charge in [0.25, 0.3) is 0 Å². The minimum atomic E-state index is -0.284. The summed E-state index contributed by atoms with van der Waals surface area (Å²) in [5.41, 5.74) is 16.6. The Hall–Kier alpha value is -5.96. The molecule has 0 spiro atoms. The molecule has 4 aliphatic heterocycles. The summed E-state index contributed by atoms with van der Waals surface area (Å²) in [6.07, 6.45) is 4.55. The van der Waals surface area contributed by atoms with Crippen molar-refractivity contribution in [1.82, 2.24) is 54.5 Å². The zero-order valence-electron chi connectivity index (χ0n) is 44.1. The van der Waals surface area contributed by atoms with E-state index in [-0.39, 0.29) is 17.5 Å². The van der Waals surface area contributed by atoms with Crippen molar-refractivity contribution in [3.05, 3.63) is 168 Å². The quantitative estimate of drug-likeness (QED) is 0.0969. The third kappa shape index (κ3) is 17.3. The summed E-state index contributed by atoms with van der Waals surface area (Å²) in [5, 5.41) is 17.9. The van der Waals surface area contributed by atoms with E-state index in [9.17, 15) is 13.2 Å². The lowest BCUT2D eigenvalue weighted by Gasteiger charge is -2.43.